The highest BCUT2D eigenvalue weighted by atomic mass is 19.1. The molecule has 1 atom stereocenters. The van der Waals surface area contributed by atoms with Crippen LogP contribution in [0.5, 0.6) is 0 Å². The number of hydrogen-bond donors (Lipinski definition) is 2. The Morgan fingerprint density at radius 1 is 1.60 bits per heavy atom. The van der Waals surface area contributed by atoms with Crippen molar-refractivity contribution >= 4 is 5.97 Å². The van der Waals surface area contributed by atoms with Crippen molar-refractivity contribution in [3.63, 3.8) is 0 Å². The minimum atomic E-state index is -1.38. The molecule has 0 amide bonds. The van der Waals surface area contributed by atoms with E-state index in [-0.39, 0.29) is 12.0 Å². The van der Waals surface area contributed by atoms with E-state index in [4.69, 9.17) is 10.8 Å². The Morgan fingerprint density at radius 3 is 2.60 bits per heavy atom. The maximum absolute atomic E-state index is 13.2. The Kier molecular flexibility index (Phi) is 3.36. The van der Waals surface area contributed by atoms with Crippen LogP contribution in [0.4, 0.5) is 4.39 Å². The summed E-state index contributed by atoms with van der Waals surface area (Å²) < 4.78 is 13.2. The molecule has 1 aromatic rings. The molecule has 3 N–H and O–H groups in total. The van der Waals surface area contributed by atoms with Crippen LogP contribution in [0.25, 0.3) is 0 Å². The molecule has 1 aromatic heterocycles. The molecule has 1 heterocycles. The van der Waals surface area contributed by atoms with Gasteiger partial charge in [-0.05, 0) is 17.5 Å². The van der Waals surface area contributed by atoms with Gasteiger partial charge in [0.25, 0.3) is 0 Å². The van der Waals surface area contributed by atoms with Gasteiger partial charge in [-0.25, -0.2) is 14.2 Å². The van der Waals surface area contributed by atoms with Crippen molar-refractivity contribution in [2.75, 3.05) is 0 Å². The summed E-state index contributed by atoms with van der Waals surface area (Å²) in [6, 6.07) is 0.788. The molecule has 0 bridgehead atoms. The van der Waals surface area contributed by atoms with Crippen LogP contribution in [0.15, 0.2) is 12.3 Å². The number of aromatic carboxylic acids is 1. The molecular formula is C10H13FN2O2. The Bertz CT molecular complexity index is 380. The van der Waals surface area contributed by atoms with Gasteiger partial charge < -0.3 is 10.8 Å². The third-order valence-electron chi connectivity index (χ3n) is 2.17. The molecule has 0 aliphatic carbocycles. The predicted octanol–water partition coefficient (Wildman–Crippen LogP) is 1.57. The number of carboxylic acid groups (broad SMARTS) is 1. The molecule has 0 saturated heterocycles. The zero-order valence-corrected chi connectivity index (χ0v) is 8.57. The third kappa shape index (κ3) is 2.50. The SMILES string of the molecule is CC(C)[C@H](N)c1cnc(C(=O)O)c(F)c1. The van der Waals surface area contributed by atoms with Gasteiger partial charge in [0.1, 0.15) is 0 Å². The summed E-state index contributed by atoms with van der Waals surface area (Å²) in [5.41, 5.74) is 5.71. The summed E-state index contributed by atoms with van der Waals surface area (Å²) in [7, 11) is 0. The Labute approximate surface area is 86.9 Å². The first-order valence-corrected chi connectivity index (χ1v) is 4.57. The fraction of sp³-hybridized carbons (Fsp3) is 0.400. The van der Waals surface area contributed by atoms with Crippen LogP contribution < -0.4 is 5.73 Å². The number of carbonyl (C=O) groups is 1. The maximum Gasteiger partial charge on any atom is 0.357 e. The summed E-state index contributed by atoms with van der Waals surface area (Å²) in [6.07, 6.45) is 1.30. The van der Waals surface area contributed by atoms with Crippen LogP contribution in [0.2, 0.25) is 0 Å². The van der Waals surface area contributed by atoms with Crippen LogP contribution in [-0.4, -0.2) is 16.1 Å². The molecule has 15 heavy (non-hydrogen) atoms. The first kappa shape index (κ1) is 11.6. The standard InChI is InChI=1S/C10H13FN2O2/c1-5(2)8(12)6-3-7(11)9(10(14)15)13-4-6/h3-5,8H,12H2,1-2H3,(H,14,15)/t8-/m0/s1. The van der Waals surface area contributed by atoms with Gasteiger partial charge in [0.05, 0.1) is 0 Å². The highest BCUT2D eigenvalue weighted by Gasteiger charge is 2.16. The van der Waals surface area contributed by atoms with Crippen molar-refractivity contribution < 1.29 is 14.3 Å². The number of nitrogens with zero attached hydrogens (tertiary/aromatic N) is 1. The molecule has 0 aliphatic rings. The fourth-order valence-corrected chi connectivity index (χ4v) is 1.18. The van der Waals surface area contributed by atoms with Gasteiger partial charge in [-0.2, -0.15) is 0 Å². The average molecular weight is 212 g/mol. The highest BCUT2D eigenvalue weighted by Crippen LogP contribution is 2.19. The van der Waals surface area contributed by atoms with E-state index in [1.807, 2.05) is 13.8 Å². The molecule has 0 unspecified atom stereocenters. The molecule has 0 fully saturated rings. The molecule has 5 heteroatoms. The second-order valence-electron chi connectivity index (χ2n) is 3.67. The minimum absolute atomic E-state index is 0.141. The zero-order chi connectivity index (χ0) is 11.6. The largest absolute Gasteiger partial charge is 0.476 e. The number of aromatic nitrogens is 1. The van der Waals surface area contributed by atoms with E-state index >= 15 is 0 Å². The molecule has 0 aliphatic heterocycles. The molecule has 4 nitrogen and oxygen atoms in total. The first-order valence-electron chi connectivity index (χ1n) is 4.57. The normalized spacial score (nSPS) is 12.9. The Balaban J connectivity index is 3.06. The van der Waals surface area contributed by atoms with Crippen molar-refractivity contribution in [3.05, 3.63) is 29.3 Å². The van der Waals surface area contributed by atoms with Gasteiger partial charge in [-0.3, -0.25) is 0 Å². The molecule has 0 saturated carbocycles. The summed E-state index contributed by atoms with van der Waals surface area (Å²) in [5.74, 6) is -2.09. The van der Waals surface area contributed by atoms with E-state index in [0.717, 1.165) is 6.07 Å². The van der Waals surface area contributed by atoms with E-state index < -0.39 is 17.5 Å². The number of halogens is 1. The topological polar surface area (TPSA) is 76.2 Å². The summed E-state index contributed by atoms with van der Waals surface area (Å²) in [6.45, 7) is 3.79. The number of pyridine rings is 1. The van der Waals surface area contributed by atoms with Crippen molar-refractivity contribution in [1.29, 1.82) is 0 Å². The molecule has 1 rings (SSSR count). The van der Waals surface area contributed by atoms with Crippen LogP contribution in [0.1, 0.15) is 35.9 Å². The van der Waals surface area contributed by atoms with Crippen molar-refractivity contribution in [1.82, 2.24) is 4.98 Å². The summed E-state index contributed by atoms with van der Waals surface area (Å²) in [4.78, 5) is 14.0. The van der Waals surface area contributed by atoms with E-state index in [2.05, 4.69) is 4.98 Å². The third-order valence-corrected chi connectivity index (χ3v) is 2.17. The second-order valence-corrected chi connectivity index (χ2v) is 3.67. The number of carboxylic acids is 1. The molecule has 0 radical (unpaired) electrons. The predicted molar refractivity (Wildman–Crippen MR) is 52.9 cm³/mol. The van der Waals surface area contributed by atoms with Crippen molar-refractivity contribution in [3.8, 4) is 0 Å². The van der Waals surface area contributed by atoms with Gasteiger partial charge in [-0.15, -0.1) is 0 Å². The zero-order valence-electron chi connectivity index (χ0n) is 8.57. The lowest BCUT2D eigenvalue weighted by Gasteiger charge is -2.15. The first-order chi connectivity index (χ1) is 6.93. The molecule has 0 aromatic carbocycles. The maximum atomic E-state index is 13.2. The molecule has 0 spiro atoms. The smallest absolute Gasteiger partial charge is 0.357 e. The van der Waals surface area contributed by atoms with Gasteiger partial charge in [-0.1, -0.05) is 13.8 Å². The second kappa shape index (κ2) is 4.35. The van der Waals surface area contributed by atoms with Crippen LogP contribution in [-0.2, 0) is 0 Å². The lowest BCUT2D eigenvalue weighted by atomic mass is 9.98. The van der Waals surface area contributed by atoms with Crippen molar-refractivity contribution in [2.45, 2.75) is 19.9 Å². The minimum Gasteiger partial charge on any atom is -0.476 e. The monoisotopic (exact) mass is 212 g/mol. The quantitative estimate of drug-likeness (QED) is 0.797. The Hall–Kier alpha value is -1.49. The number of rotatable bonds is 3. The summed E-state index contributed by atoms with van der Waals surface area (Å²) >= 11 is 0. The van der Waals surface area contributed by atoms with Gasteiger partial charge in [0, 0.05) is 12.2 Å². The number of nitrogens with two attached hydrogens (primary N) is 1. The average Bonchev–Trinajstić information content (AvgIpc) is 2.15. The summed E-state index contributed by atoms with van der Waals surface area (Å²) in [5, 5.41) is 8.57. The van der Waals surface area contributed by atoms with Gasteiger partial charge in [0.2, 0.25) is 0 Å². The van der Waals surface area contributed by atoms with Crippen LogP contribution in [0, 0.1) is 11.7 Å². The Morgan fingerprint density at radius 2 is 2.20 bits per heavy atom. The highest BCUT2D eigenvalue weighted by molar-refractivity contribution is 5.85. The molecule has 82 valence electrons. The lowest BCUT2D eigenvalue weighted by molar-refractivity contribution is 0.0685. The van der Waals surface area contributed by atoms with Gasteiger partial charge in [0.15, 0.2) is 11.5 Å². The van der Waals surface area contributed by atoms with Crippen molar-refractivity contribution in [2.24, 2.45) is 11.7 Å². The van der Waals surface area contributed by atoms with E-state index in [1.54, 1.807) is 0 Å². The lowest BCUT2D eigenvalue weighted by Crippen LogP contribution is -2.18. The van der Waals surface area contributed by atoms with Crippen LogP contribution in [0.3, 0.4) is 0 Å². The molecular weight excluding hydrogens is 199 g/mol. The van der Waals surface area contributed by atoms with E-state index in [0.29, 0.717) is 5.56 Å². The van der Waals surface area contributed by atoms with E-state index in [1.165, 1.54) is 6.20 Å². The van der Waals surface area contributed by atoms with E-state index in [9.17, 15) is 9.18 Å². The van der Waals surface area contributed by atoms with Crippen LogP contribution >= 0.6 is 0 Å². The fourth-order valence-electron chi connectivity index (χ4n) is 1.18. The number of hydrogen-bond acceptors (Lipinski definition) is 3. The van der Waals surface area contributed by atoms with Gasteiger partial charge >= 0.3 is 5.97 Å².